The molecule has 2 nitrogen and oxygen atoms in total. The summed E-state index contributed by atoms with van der Waals surface area (Å²) in [6, 6.07) is 15.9. The number of ether oxygens (including phenoxy) is 1. The van der Waals surface area contributed by atoms with Gasteiger partial charge in [-0.05, 0) is 24.0 Å². The quantitative estimate of drug-likeness (QED) is 0.770. The van der Waals surface area contributed by atoms with Crippen LogP contribution in [-0.4, -0.2) is 12.4 Å². The van der Waals surface area contributed by atoms with Crippen molar-refractivity contribution in [1.29, 1.82) is 0 Å². The monoisotopic (exact) mass is 280 g/mol. The Morgan fingerprint density at radius 3 is 2.52 bits per heavy atom. The van der Waals surface area contributed by atoms with E-state index in [1.165, 1.54) is 5.56 Å². The van der Waals surface area contributed by atoms with Crippen LogP contribution in [0.15, 0.2) is 48.5 Å². The van der Waals surface area contributed by atoms with E-state index in [-0.39, 0.29) is 11.7 Å². The van der Waals surface area contributed by atoms with Crippen LogP contribution in [0.3, 0.4) is 0 Å². The number of ketones is 1. The van der Waals surface area contributed by atoms with Gasteiger partial charge in [-0.25, -0.2) is 0 Å². The first kappa shape index (κ1) is 13.9. The number of hydrogen-bond donors (Lipinski definition) is 0. The SMILES string of the molecule is CC(C)c1ccc(C(=O)C2CCOc3ccccc32)cc1. The largest absolute Gasteiger partial charge is 0.493 e. The fraction of sp³-hybridized carbons (Fsp3) is 0.316. The summed E-state index contributed by atoms with van der Waals surface area (Å²) < 4.78 is 5.64. The predicted octanol–water partition coefficient (Wildman–Crippen LogP) is 4.56. The van der Waals surface area contributed by atoms with Gasteiger partial charge in [0.05, 0.1) is 12.5 Å². The molecule has 0 radical (unpaired) electrons. The number of Topliss-reactive ketones (excluding diaryl/α,β-unsaturated/α-hetero) is 1. The van der Waals surface area contributed by atoms with E-state index in [9.17, 15) is 4.79 Å². The normalized spacial score (nSPS) is 17.2. The zero-order valence-corrected chi connectivity index (χ0v) is 12.5. The van der Waals surface area contributed by atoms with Crippen LogP contribution in [0.25, 0.3) is 0 Å². The van der Waals surface area contributed by atoms with Gasteiger partial charge in [0.1, 0.15) is 5.75 Å². The first-order chi connectivity index (χ1) is 10.2. The summed E-state index contributed by atoms with van der Waals surface area (Å²) >= 11 is 0. The van der Waals surface area contributed by atoms with Crippen molar-refractivity contribution in [3.63, 3.8) is 0 Å². The van der Waals surface area contributed by atoms with Gasteiger partial charge >= 0.3 is 0 Å². The lowest BCUT2D eigenvalue weighted by Crippen LogP contribution is -2.21. The zero-order valence-electron chi connectivity index (χ0n) is 12.5. The molecule has 0 spiro atoms. The van der Waals surface area contributed by atoms with Gasteiger partial charge in [0.15, 0.2) is 5.78 Å². The van der Waals surface area contributed by atoms with E-state index in [0.717, 1.165) is 23.3 Å². The summed E-state index contributed by atoms with van der Waals surface area (Å²) in [6.45, 7) is 4.93. The maximum atomic E-state index is 12.8. The zero-order chi connectivity index (χ0) is 14.8. The van der Waals surface area contributed by atoms with Gasteiger partial charge < -0.3 is 4.74 Å². The molecule has 0 bridgehead atoms. The van der Waals surface area contributed by atoms with Gasteiger partial charge in [-0.1, -0.05) is 56.3 Å². The van der Waals surface area contributed by atoms with Crippen molar-refractivity contribution in [3.8, 4) is 5.75 Å². The van der Waals surface area contributed by atoms with Crippen LogP contribution in [0, 0.1) is 0 Å². The van der Waals surface area contributed by atoms with Gasteiger partial charge in [0.25, 0.3) is 0 Å². The molecule has 2 aromatic rings. The van der Waals surface area contributed by atoms with Crippen LogP contribution in [0.2, 0.25) is 0 Å². The number of carbonyl (C=O) groups is 1. The smallest absolute Gasteiger partial charge is 0.170 e. The summed E-state index contributed by atoms with van der Waals surface area (Å²) in [5.74, 6) is 1.44. The highest BCUT2D eigenvalue weighted by Gasteiger charge is 2.28. The molecule has 2 heteroatoms. The maximum absolute atomic E-state index is 12.8. The standard InChI is InChI=1S/C19H20O2/c1-13(2)14-7-9-15(10-8-14)19(20)17-11-12-21-18-6-4-3-5-16(17)18/h3-10,13,17H,11-12H2,1-2H3. The molecule has 2 aromatic carbocycles. The molecule has 1 atom stereocenters. The van der Waals surface area contributed by atoms with E-state index in [0.29, 0.717) is 12.5 Å². The average molecular weight is 280 g/mol. The number of carbonyl (C=O) groups excluding carboxylic acids is 1. The third-order valence-corrected chi connectivity index (χ3v) is 4.14. The molecule has 0 aromatic heterocycles. The summed E-state index contributed by atoms with van der Waals surface area (Å²) in [5.41, 5.74) is 3.07. The molecule has 1 unspecified atom stereocenters. The Hall–Kier alpha value is -2.09. The topological polar surface area (TPSA) is 26.3 Å². The molecular weight excluding hydrogens is 260 g/mol. The van der Waals surface area contributed by atoms with E-state index >= 15 is 0 Å². The lowest BCUT2D eigenvalue weighted by Gasteiger charge is -2.25. The van der Waals surface area contributed by atoms with Crippen molar-refractivity contribution in [1.82, 2.24) is 0 Å². The van der Waals surface area contributed by atoms with Crippen LogP contribution in [0.4, 0.5) is 0 Å². The summed E-state index contributed by atoms with van der Waals surface area (Å²) in [6.07, 6.45) is 0.752. The molecule has 0 aliphatic carbocycles. The molecule has 0 saturated carbocycles. The fourth-order valence-electron chi connectivity index (χ4n) is 2.85. The average Bonchev–Trinajstić information content (AvgIpc) is 2.53. The van der Waals surface area contributed by atoms with Crippen LogP contribution < -0.4 is 4.74 Å². The molecule has 0 N–H and O–H groups in total. The van der Waals surface area contributed by atoms with Gasteiger partial charge in [-0.2, -0.15) is 0 Å². The minimum absolute atomic E-state index is 0.0835. The molecule has 0 fully saturated rings. The third-order valence-electron chi connectivity index (χ3n) is 4.14. The van der Waals surface area contributed by atoms with Crippen molar-refractivity contribution < 1.29 is 9.53 Å². The Morgan fingerprint density at radius 2 is 1.81 bits per heavy atom. The van der Waals surface area contributed by atoms with E-state index in [1.807, 2.05) is 36.4 Å². The highest BCUT2D eigenvalue weighted by molar-refractivity contribution is 6.01. The number of benzene rings is 2. The van der Waals surface area contributed by atoms with E-state index in [1.54, 1.807) is 0 Å². The predicted molar refractivity (Wildman–Crippen MR) is 84.2 cm³/mol. The third kappa shape index (κ3) is 2.71. The second-order valence-corrected chi connectivity index (χ2v) is 5.87. The van der Waals surface area contributed by atoms with Crippen molar-refractivity contribution >= 4 is 5.78 Å². The van der Waals surface area contributed by atoms with Crippen LogP contribution >= 0.6 is 0 Å². The fourth-order valence-corrected chi connectivity index (χ4v) is 2.85. The van der Waals surface area contributed by atoms with Crippen molar-refractivity contribution in [2.24, 2.45) is 0 Å². The first-order valence-corrected chi connectivity index (χ1v) is 7.52. The number of rotatable bonds is 3. The molecular formula is C19H20O2. The molecule has 0 saturated heterocycles. The Labute approximate surface area is 125 Å². The molecule has 21 heavy (non-hydrogen) atoms. The van der Waals surface area contributed by atoms with E-state index in [2.05, 4.69) is 26.0 Å². The molecule has 0 amide bonds. The summed E-state index contributed by atoms with van der Waals surface area (Å²) in [5, 5.41) is 0. The van der Waals surface area contributed by atoms with Gasteiger partial charge in [-0.3, -0.25) is 4.79 Å². The molecule has 1 aliphatic heterocycles. The van der Waals surface area contributed by atoms with Crippen LogP contribution in [0.5, 0.6) is 5.75 Å². The van der Waals surface area contributed by atoms with Gasteiger partial charge in [-0.15, -0.1) is 0 Å². The maximum Gasteiger partial charge on any atom is 0.170 e. The lowest BCUT2D eigenvalue weighted by molar-refractivity contribution is 0.0933. The Balaban J connectivity index is 1.89. The van der Waals surface area contributed by atoms with Gasteiger partial charge in [0, 0.05) is 11.1 Å². The van der Waals surface area contributed by atoms with Crippen molar-refractivity contribution in [2.45, 2.75) is 32.1 Å². The molecule has 3 rings (SSSR count). The van der Waals surface area contributed by atoms with E-state index in [4.69, 9.17) is 4.74 Å². The van der Waals surface area contributed by atoms with E-state index < -0.39 is 0 Å². The highest BCUT2D eigenvalue weighted by atomic mass is 16.5. The minimum Gasteiger partial charge on any atom is -0.493 e. The number of para-hydroxylation sites is 1. The van der Waals surface area contributed by atoms with Crippen LogP contribution in [0.1, 0.15) is 53.6 Å². The van der Waals surface area contributed by atoms with Crippen LogP contribution in [-0.2, 0) is 0 Å². The molecule has 1 heterocycles. The first-order valence-electron chi connectivity index (χ1n) is 7.52. The summed E-state index contributed by atoms with van der Waals surface area (Å²) in [4.78, 5) is 12.8. The second-order valence-electron chi connectivity index (χ2n) is 5.87. The highest BCUT2D eigenvalue weighted by Crippen LogP contribution is 2.35. The Kier molecular flexibility index (Phi) is 3.78. The molecule has 108 valence electrons. The molecule has 1 aliphatic rings. The lowest BCUT2D eigenvalue weighted by atomic mass is 9.86. The minimum atomic E-state index is -0.0835. The Morgan fingerprint density at radius 1 is 1.10 bits per heavy atom. The second kappa shape index (κ2) is 5.72. The number of hydrogen-bond acceptors (Lipinski definition) is 2. The Bertz CT molecular complexity index is 641. The summed E-state index contributed by atoms with van der Waals surface area (Å²) in [7, 11) is 0. The van der Waals surface area contributed by atoms with Crippen molar-refractivity contribution in [3.05, 3.63) is 65.2 Å². The van der Waals surface area contributed by atoms with Gasteiger partial charge in [0.2, 0.25) is 0 Å². The number of fused-ring (bicyclic) bond motifs is 1. The van der Waals surface area contributed by atoms with Crippen molar-refractivity contribution in [2.75, 3.05) is 6.61 Å².